The maximum Gasteiger partial charge on any atom is 0.0758 e. The molecule has 1 atom stereocenters. The van der Waals surface area contributed by atoms with Crippen LogP contribution in [0.1, 0.15) is 13.8 Å². The van der Waals surface area contributed by atoms with E-state index in [1.165, 1.54) is 0 Å². The van der Waals surface area contributed by atoms with E-state index in [9.17, 15) is 5.11 Å². The van der Waals surface area contributed by atoms with Gasteiger partial charge in [-0.25, -0.2) is 0 Å². The van der Waals surface area contributed by atoms with E-state index in [2.05, 4.69) is 21.0 Å². The molecule has 1 heterocycles. The average Bonchev–Trinajstić information content (AvgIpc) is 2.35. The van der Waals surface area contributed by atoms with Crippen LogP contribution in [0.2, 0.25) is 0 Å². The molecule has 3 nitrogen and oxygen atoms in total. The van der Waals surface area contributed by atoms with Gasteiger partial charge in [0.2, 0.25) is 0 Å². The first kappa shape index (κ1) is 9.74. The molecule has 0 aliphatic rings. The summed E-state index contributed by atoms with van der Waals surface area (Å²) in [5, 5.41) is 13.6. The molecule has 1 unspecified atom stereocenters. The number of halogens is 1. The van der Waals surface area contributed by atoms with Gasteiger partial charge in [-0.15, -0.1) is 0 Å². The predicted octanol–water partition coefficient (Wildman–Crippen LogP) is 1.66. The molecule has 0 fully saturated rings. The van der Waals surface area contributed by atoms with Gasteiger partial charge in [0.25, 0.3) is 0 Å². The van der Waals surface area contributed by atoms with Gasteiger partial charge in [0, 0.05) is 6.20 Å². The van der Waals surface area contributed by atoms with Crippen molar-refractivity contribution in [1.29, 1.82) is 0 Å². The van der Waals surface area contributed by atoms with Crippen LogP contribution in [0, 0.1) is 5.92 Å². The zero-order valence-electron chi connectivity index (χ0n) is 7.24. The van der Waals surface area contributed by atoms with Crippen LogP contribution in [-0.2, 0) is 6.54 Å². The van der Waals surface area contributed by atoms with Crippen LogP contribution < -0.4 is 0 Å². The lowest BCUT2D eigenvalue weighted by molar-refractivity contribution is 0.103. The third-order valence-electron chi connectivity index (χ3n) is 1.75. The van der Waals surface area contributed by atoms with Crippen molar-refractivity contribution >= 4 is 15.9 Å². The minimum Gasteiger partial charge on any atom is -0.391 e. The molecular formula is C8H13BrN2O. The van der Waals surface area contributed by atoms with Gasteiger partial charge in [-0.3, -0.25) is 4.68 Å². The summed E-state index contributed by atoms with van der Waals surface area (Å²) in [6, 6.07) is 0. The number of hydrogen-bond acceptors (Lipinski definition) is 2. The van der Waals surface area contributed by atoms with Crippen LogP contribution in [0.3, 0.4) is 0 Å². The molecule has 0 saturated heterocycles. The van der Waals surface area contributed by atoms with Crippen LogP contribution in [-0.4, -0.2) is 21.0 Å². The minimum absolute atomic E-state index is 0.271. The summed E-state index contributed by atoms with van der Waals surface area (Å²) in [5.41, 5.74) is 0. The quantitative estimate of drug-likeness (QED) is 0.862. The highest BCUT2D eigenvalue weighted by atomic mass is 79.9. The van der Waals surface area contributed by atoms with Gasteiger partial charge in [-0.2, -0.15) is 5.10 Å². The molecule has 1 aromatic heterocycles. The van der Waals surface area contributed by atoms with E-state index in [0.717, 1.165) is 4.47 Å². The van der Waals surface area contributed by atoms with Gasteiger partial charge >= 0.3 is 0 Å². The van der Waals surface area contributed by atoms with Crippen LogP contribution >= 0.6 is 15.9 Å². The number of rotatable bonds is 3. The van der Waals surface area contributed by atoms with Crippen LogP contribution in [0.25, 0.3) is 0 Å². The monoisotopic (exact) mass is 232 g/mol. The molecule has 0 radical (unpaired) electrons. The Morgan fingerprint density at radius 2 is 2.33 bits per heavy atom. The average molecular weight is 233 g/mol. The molecule has 1 rings (SSSR count). The van der Waals surface area contributed by atoms with Crippen LogP contribution in [0.4, 0.5) is 0 Å². The topological polar surface area (TPSA) is 38.0 Å². The Hall–Kier alpha value is -0.350. The van der Waals surface area contributed by atoms with Crippen molar-refractivity contribution in [3.05, 3.63) is 16.9 Å². The molecule has 0 bridgehead atoms. The second kappa shape index (κ2) is 4.05. The number of hydrogen-bond donors (Lipinski definition) is 1. The van der Waals surface area contributed by atoms with E-state index in [-0.39, 0.29) is 12.0 Å². The lowest BCUT2D eigenvalue weighted by atomic mass is 10.1. The number of aliphatic hydroxyl groups is 1. The molecule has 0 amide bonds. The smallest absolute Gasteiger partial charge is 0.0758 e. The van der Waals surface area contributed by atoms with Gasteiger partial charge in [-0.05, 0) is 21.8 Å². The zero-order valence-corrected chi connectivity index (χ0v) is 8.82. The van der Waals surface area contributed by atoms with E-state index in [0.29, 0.717) is 6.54 Å². The second-order valence-electron chi connectivity index (χ2n) is 3.19. The third kappa shape index (κ3) is 2.60. The number of aromatic nitrogens is 2. The third-order valence-corrected chi connectivity index (χ3v) is 2.15. The SMILES string of the molecule is CC(C)C(O)Cn1cc(Br)cn1. The van der Waals surface area contributed by atoms with E-state index in [1.807, 2.05) is 20.0 Å². The molecule has 0 aliphatic heterocycles. The van der Waals surface area contributed by atoms with Gasteiger partial charge in [0.05, 0.1) is 23.3 Å². The fourth-order valence-corrected chi connectivity index (χ4v) is 1.17. The fourth-order valence-electron chi connectivity index (χ4n) is 0.841. The Balaban J connectivity index is 2.52. The maximum absolute atomic E-state index is 9.51. The summed E-state index contributed by atoms with van der Waals surface area (Å²) in [6.07, 6.45) is 3.25. The summed E-state index contributed by atoms with van der Waals surface area (Å²) in [4.78, 5) is 0. The molecular weight excluding hydrogens is 220 g/mol. The zero-order chi connectivity index (χ0) is 9.14. The van der Waals surface area contributed by atoms with E-state index >= 15 is 0 Å². The molecule has 68 valence electrons. The molecule has 4 heteroatoms. The summed E-state index contributed by atoms with van der Waals surface area (Å²) in [6.45, 7) is 4.54. The Kier molecular flexibility index (Phi) is 3.29. The highest BCUT2D eigenvalue weighted by molar-refractivity contribution is 9.10. The van der Waals surface area contributed by atoms with E-state index in [1.54, 1.807) is 10.9 Å². The van der Waals surface area contributed by atoms with Gasteiger partial charge in [-0.1, -0.05) is 13.8 Å². The largest absolute Gasteiger partial charge is 0.391 e. The van der Waals surface area contributed by atoms with E-state index in [4.69, 9.17) is 0 Å². The second-order valence-corrected chi connectivity index (χ2v) is 4.11. The van der Waals surface area contributed by atoms with Crippen molar-refractivity contribution in [2.24, 2.45) is 5.92 Å². The Bertz CT molecular complexity index is 247. The normalized spacial score (nSPS) is 13.8. The molecule has 1 aromatic rings. The number of aliphatic hydroxyl groups excluding tert-OH is 1. The molecule has 0 aliphatic carbocycles. The summed E-state index contributed by atoms with van der Waals surface area (Å²) in [5.74, 6) is 0.271. The maximum atomic E-state index is 9.51. The molecule has 1 N–H and O–H groups in total. The lowest BCUT2D eigenvalue weighted by Crippen LogP contribution is -2.21. The minimum atomic E-state index is -0.322. The molecule has 0 aromatic carbocycles. The predicted molar refractivity (Wildman–Crippen MR) is 50.8 cm³/mol. The fraction of sp³-hybridized carbons (Fsp3) is 0.625. The van der Waals surface area contributed by atoms with Crippen molar-refractivity contribution in [2.75, 3.05) is 0 Å². The highest BCUT2D eigenvalue weighted by Gasteiger charge is 2.09. The Labute approximate surface area is 80.5 Å². The van der Waals surface area contributed by atoms with Crippen molar-refractivity contribution in [2.45, 2.75) is 26.5 Å². The van der Waals surface area contributed by atoms with Crippen molar-refractivity contribution in [3.63, 3.8) is 0 Å². The molecule has 12 heavy (non-hydrogen) atoms. The molecule has 0 saturated carbocycles. The standard InChI is InChI=1S/C8H13BrN2O/c1-6(2)8(12)5-11-4-7(9)3-10-11/h3-4,6,8,12H,5H2,1-2H3. The van der Waals surface area contributed by atoms with Crippen molar-refractivity contribution in [3.8, 4) is 0 Å². The van der Waals surface area contributed by atoms with Crippen LogP contribution in [0.15, 0.2) is 16.9 Å². The molecule has 0 spiro atoms. The van der Waals surface area contributed by atoms with Gasteiger partial charge < -0.3 is 5.11 Å². The Morgan fingerprint density at radius 3 is 2.75 bits per heavy atom. The highest BCUT2D eigenvalue weighted by Crippen LogP contribution is 2.09. The first-order valence-corrected chi connectivity index (χ1v) is 4.75. The van der Waals surface area contributed by atoms with Crippen molar-refractivity contribution < 1.29 is 5.11 Å². The summed E-state index contributed by atoms with van der Waals surface area (Å²) >= 11 is 3.29. The van der Waals surface area contributed by atoms with Crippen molar-refractivity contribution in [1.82, 2.24) is 9.78 Å². The van der Waals surface area contributed by atoms with Crippen LogP contribution in [0.5, 0.6) is 0 Å². The van der Waals surface area contributed by atoms with E-state index < -0.39 is 0 Å². The first-order valence-electron chi connectivity index (χ1n) is 3.95. The lowest BCUT2D eigenvalue weighted by Gasteiger charge is -2.13. The van der Waals surface area contributed by atoms with Gasteiger partial charge in [0.1, 0.15) is 0 Å². The van der Waals surface area contributed by atoms with Gasteiger partial charge in [0.15, 0.2) is 0 Å². The summed E-state index contributed by atoms with van der Waals surface area (Å²) in [7, 11) is 0. The first-order chi connectivity index (χ1) is 5.59. The summed E-state index contributed by atoms with van der Waals surface area (Å²) < 4.78 is 2.67. The number of nitrogens with zero attached hydrogens (tertiary/aromatic N) is 2. The Morgan fingerprint density at radius 1 is 1.67 bits per heavy atom.